The Morgan fingerprint density at radius 2 is 1.92 bits per heavy atom. The van der Waals surface area contributed by atoms with Crippen LogP contribution in [0.15, 0.2) is 48.0 Å². The minimum Gasteiger partial charge on any atom is -0.493 e. The number of hydrogen-bond acceptors (Lipinski definition) is 3. The van der Waals surface area contributed by atoms with Gasteiger partial charge in [-0.15, -0.1) is 0 Å². The average Bonchev–Trinajstić information content (AvgIpc) is 2.53. The van der Waals surface area contributed by atoms with E-state index in [2.05, 4.69) is 5.32 Å². The lowest BCUT2D eigenvalue weighted by Gasteiger charge is -2.08. The molecule has 6 heteroatoms. The van der Waals surface area contributed by atoms with Gasteiger partial charge in [0.05, 0.1) is 6.61 Å². The highest BCUT2D eigenvalue weighted by Crippen LogP contribution is 2.24. The highest BCUT2D eigenvalue weighted by atomic mass is 35.5. The first-order valence-electron chi connectivity index (χ1n) is 7.14. The van der Waals surface area contributed by atoms with Crippen LogP contribution in [0.5, 0.6) is 5.75 Å². The number of nitriles is 1. The second-order valence-corrected chi connectivity index (χ2v) is 5.63. The van der Waals surface area contributed by atoms with Crippen molar-refractivity contribution in [1.29, 1.82) is 5.26 Å². The van der Waals surface area contributed by atoms with E-state index in [1.807, 2.05) is 19.1 Å². The standard InChI is InChI=1S/C18H14Cl2N2O2/c1-2-24-17-6-4-3-5-12(17)7-13(11-21)18(23)22-16-9-14(19)8-15(20)10-16/h3-10H,2H2,1H3,(H,22,23)/b13-7+. The Kier molecular flexibility index (Phi) is 6.25. The molecule has 1 amide bonds. The molecule has 2 aromatic carbocycles. The van der Waals surface area contributed by atoms with E-state index in [-0.39, 0.29) is 5.57 Å². The number of amides is 1. The summed E-state index contributed by atoms with van der Waals surface area (Å²) in [6.07, 6.45) is 1.48. The Hall–Kier alpha value is -2.48. The summed E-state index contributed by atoms with van der Waals surface area (Å²) < 4.78 is 5.49. The third-order valence-corrected chi connectivity index (χ3v) is 3.44. The first-order valence-corrected chi connectivity index (χ1v) is 7.90. The van der Waals surface area contributed by atoms with Gasteiger partial charge >= 0.3 is 0 Å². The van der Waals surface area contributed by atoms with Crippen LogP contribution in [0.4, 0.5) is 5.69 Å². The van der Waals surface area contributed by atoms with E-state index in [0.717, 1.165) is 0 Å². The SMILES string of the molecule is CCOc1ccccc1/C=C(\C#N)C(=O)Nc1cc(Cl)cc(Cl)c1. The number of benzene rings is 2. The van der Waals surface area contributed by atoms with Gasteiger partial charge in [0, 0.05) is 21.3 Å². The summed E-state index contributed by atoms with van der Waals surface area (Å²) in [6.45, 7) is 2.35. The van der Waals surface area contributed by atoms with Crippen molar-refractivity contribution in [3.8, 4) is 11.8 Å². The molecule has 0 spiro atoms. The summed E-state index contributed by atoms with van der Waals surface area (Å²) in [5.74, 6) is 0.0495. The van der Waals surface area contributed by atoms with Crippen LogP contribution >= 0.6 is 23.2 Å². The number of nitrogens with one attached hydrogen (secondary N) is 1. The summed E-state index contributed by atoms with van der Waals surface area (Å²) >= 11 is 11.8. The van der Waals surface area contributed by atoms with Crippen molar-refractivity contribution < 1.29 is 9.53 Å². The predicted molar refractivity (Wildman–Crippen MR) is 96.3 cm³/mol. The molecule has 0 saturated heterocycles. The summed E-state index contributed by atoms with van der Waals surface area (Å²) in [5, 5.41) is 12.7. The summed E-state index contributed by atoms with van der Waals surface area (Å²) in [7, 11) is 0. The third-order valence-electron chi connectivity index (χ3n) is 3.00. The van der Waals surface area contributed by atoms with E-state index < -0.39 is 5.91 Å². The van der Waals surface area contributed by atoms with Gasteiger partial charge in [-0.3, -0.25) is 4.79 Å². The zero-order valence-electron chi connectivity index (χ0n) is 12.8. The van der Waals surface area contributed by atoms with Gasteiger partial charge in [0.1, 0.15) is 17.4 Å². The van der Waals surface area contributed by atoms with E-state index in [4.69, 9.17) is 27.9 Å². The molecule has 0 fully saturated rings. The molecule has 2 aromatic rings. The number of halogens is 2. The predicted octanol–water partition coefficient (Wildman–Crippen LogP) is 4.94. The molecule has 0 atom stereocenters. The van der Waals surface area contributed by atoms with Crippen molar-refractivity contribution in [3.05, 3.63) is 63.6 Å². The lowest BCUT2D eigenvalue weighted by atomic mass is 10.1. The number of carbonyl (C=O) groups is 1. The molecule has 4 nitrogen and oxygen atoms in total. The Bertz CT molecular complexity index is 806. The molecular weight excluding hydrogens is 347 g/mol. The van der Waals surface area contributed by atoms with Crippen molar-refractivity contribution in [2.24, 2.45) is 0 Å². The quantitative estimate of drug-likeness (QED) is 0.606. The zero-order valence-corrected chi connectivity index (χ0v) is 14.4. The molecule has 0 bridgehead atoms. The number of carbonyl (C=O) groups excluding carboxylic acids is 1. The molecular formula is C18H14Cl2N2O2. The molecule has 0 unspecified atom stereocenters. The zero-order chi connectivity index (χ0) is 17.5. The van der Waals surface area contributed by atoms with Crippen LogP contribution in [0.1, 0.15) is 12.5 Å². The third kappa shape index (κ3) is 4.76. The number of rotatable bonds is 5. The van der Waals surface area contributed by atoms with E-state index in [9.17, 15) is 10.1 Å². The Morgan fingerprint density at radius 3 is 2.54 bits per heavy atom. The topological polar surface area (TPSA) is 62.1 Å². The fourth-order valence-corrected chi connectivity index (χ4v) is 2.54. The van der Waals surface area contributed by atoms with Crippen LogP contribution < -0.4 is 10.1 Å². The first kappa shape index (κ1) is 17.9. The van der Waals surface area contributed by atoms with Gasteiger partial charge in [-0.25, -0.2) is 0 Å². The largest absolute Gasteiger partial charge is 0.493 e. The monoisotopic (exact) mass is 360 g/mol. The van der Waals surface area contributed by atoms with Crippen LogP contribution in [0, 0.1) is 11.3 Å². The highest BCUT2D eigenvalue weighted by molar-refractivity contribution is 6.35. The molecule has 0 radical (unpaired) electrons. The maximum atomic E-state index is 12.3. The lowest BCUT2D eigenvalue weighted by molar-refractivity contribution is -0.112. The molecule has 1 N–H and O–H groups in total. The lowest BCUT2D eigenvalue weighted by Crippen LogP contribution is -2.13. The van der Waals surface area contributed by atoms with Crippen molar-refractivity contribution in [2.45, 2.75) is 6.92 Å². The maximum Gasteiger partial charge on any atom is 0.266 e. The van der Waals surface area contributed by atoms with E-state index in [1.165, 1.54) is 6.08 Å². The fourth-order valence-electron chi connectivity index (χ4n) is 2.02. The summed E-state index contributed by atoms with van der Waals surface area (Å²) in [6, 6.07) is 13.7. The van der Waals surface area contributed by atoms with Gasteiger partial charge in [-0.05, 0) is 37.3 Å². The van der Waals surface area contributed by atoms with Gasteiger partial charge in [0.2, 0.25) is 0 Å². The number of anilines is 1. The molecule has 0 saturated carbocycles. The average molecular weight is 361 g/mol. The van der Waals surface area contributed by atoms with Crippen LogP contribution in [0.3, 0.4) is 0 Å². The Labute approximate surface area is 150 Å². The normalized spacial score (nSPS) is 10.8. The van der Waals surface area contributed by atoms with Gasteiger partial charge in [0.25, 0.3) is 5.91 Å². The molecule has 0 aliphatic carbocycles. The highest BCUT2D eigenvalue weighted by Gasteiger charge is 2.12. The van der Waals surface area contributed by atoms with E-state index in [1.54, 1.807) is 36.4 Å². The molecule has 122 valence electrons. The van der Waals surface area contributed by atoms with E-state index in [0.29, 0.717) is 33.7 Å². The van der Waals surface area contributed by atoms with Gasteiger partial charge in [0.15, 0.2) is 0 Å². The first-order chi connectivity index (χ1) is 11.5. The second-order valence-electron chi connectivity index (χ2n) is 4.75. The summed E-state index contributed by atoms with van der Waals surface area (Å²) in [5.41, 5.74) is 1.00. The number of para-hydroxylation sites is 1. The van der Waals surface area contributed by atoms with Crippen molar-refractivity contribution in [3.63, 3.8) is 0 Å². The van der Waals surface area contributed by atoms with Crippen LogP contribution in [0.2, 0.25) is 10.0 Å². The molecule has 0 aromatic heterocycles. The van der Waals surface area contributed by atoms with Crippen molar-refractivity contribution in [1.82, 2.24) is 0 Å². The minimum absolute atomic E-state index is 0.0572. The van der Waals surface area contributed by atoms with Gasteiger partial charge < -0.3 is 10.1 Å². The molecule has 24 heavy (non-hydrogen) atoms. The van der Waals surface area contributed by atoms with Crippen LogP contribution in [-0.4, -0.2) is 12.5 Å². The summed E-state index contributed by atoms with van der Waals surface area (Å²) in [4.78, 5) is 12.3. The van der Waals surface area contributed by atoms with Gasteiger partial charge in [-0.1, -0.05) is 41.4 Å². The van der Waals surface area contributed by atoms with Crippen LogP contribution in [0.25, 0.3) is 6.08 Å². The molecule has 0 aliphatic rings. The maximum absolute atomic E-state index is 12.3. The fraction of sp³-hybridized carbons (Fsp3) is 0.111. The molecule has 0 heterocycles. The van der Waals surface area contributed by atoms with Crippen molar-refractivity contribution in [2.75, 3.05) is 11.9 Å². The Balaban J connectivity index is 2.28. The number of ether oxygens (including phenoxy) is 1. The Morgan fingerprint density at radius 1 is 1.25 bits per heavy atom. The van der Waals surface area contributed by atoms with Crippen LogP contribution in [-0.2, 0) is 4.79 Å². The number of hydrogen-bond donors (Lipinski definition) is 1. The smallest absolute Gasteiger partial charge is 0.266 e. The second kappa shape index (κ2) is 8.39. The molecule has 0 aliphatic heterocycles. The van der Waals surface area contributed by atoms with Crippen molar-refractivity contribution >= 4 is 40.9 Å². The molecule has 2 rings (SSSR count). The number of nitrogens with zero attached hydrogens (tertiary/aromatic N) is 1. The minimum atomic E-state index is -0.554. The van der Waals surface area contributed by atoms with Gasteiger partial charge in [-0.2, -0.15) is 5.26 Å². The van der Waals surface area contributed by atoms with E-state index >= 15 is 0 Å².